The largest absolute Gasteiger partial charge is 0.416 e. The van der Waals surface area contributed by atoms with Gasteiger partial charge in [-0.2, -0.15) is 26.3 Å². The summed E-state index contributed by atoms with van der Waals surface area (Å²) in [6, 6.07) is 5.29. The molecule has 1 unspecified atom stereocenters. The fraction of sp³-hybridized carbons (Fsp3) is 0.429. The third-order valence-electron chi connectivity index (χ3n) is 5.26. The molecule has 1 aromatic heterocycles. The molecule has 12 heteroatoms. The molecule has 2 N–H and O–H groups in total. The molecule has 0 bridgehead atoms. The first-order chi connectivity index (χ1) is 15.3. The van der Waals surface area contributed by atoms with Crippen molar-refractivity contribution < 1.29 is 31.1 Å². The van der Waals surface area contributed by atoms with Gasteiger partial charge in [0.1, 0.15) is 6.04 Å². The molecule has 1 atom stereocenters. The molecule has 6 nitrogen and oxygen atoms in total. The van der Waals surface area contributed by atoms with Crippen LogP contribution in [-0.2, 0) is 17.1 Å². The molecule has 1 aromatic carbocycles. The topological polar surface area (TPSA) is 60.5 Å². The van der Waals surface area contributed by atoms with Crippen LogP contribution in [0, 0.1) is 6.92 Å². The summed E-state index contributed by atoms with van der Waals surface area (Å²) in [5, 5.41) is 0. The standard InChI is InChI=1S/C21H23F6N5O/c1-13-4-3-5-17(28-13)18(32-8-6-31(2)7-9-32)19(33)30-29-16-11-14(20(22,23)24)10-15(12-16)21(25,26)27/h3-5,10-12,18,29H,6-9H2,1-2H3,(H,30,33). The van der Waals surface area contributed by atoms with Gasteiger partial charge in [-0.25, -0.2) is 0 Å². The number of hydrogen-bond donors (Lipinski definition) is 2. The van der Waals surface area contributed by atoms with Gasteiger partial charge in [0, 0.05) is 31.9 Å². The lowest BCUT2D eigenvalue weighted by Crippen LogP contribution is -2.50. The number of piperazine rings is 1. The minimum atomic E-state index is -4.99. The zero-order valence-electron chi connectivity index (χ0n) is 17.9. The number of anilines is 1. The van der Waals surface area contributed by atoms with Crippen LogP contribution in [-0.4, -0.2) is 53.9 Å². The van der Waals surface area contributed by atoms with Crippen molar-refractivity contribution in [3.63, 3.8) is 0 Å². The second kappa shape index (κ2) is 9.56. The van der Waals surface area contributed by atoms with E-state index >= 15 is 0 Å². The summed E-state index contributed by atoms with van der Waals surface area (Å²) in [5.74, 6) is -0.649. The van der Waals surface area contributed by atoms with Gasteiger partial charge in [-0.15, -0.1) is 0 Å². The maximum absolute atomic E-state index is 13.1. The van der Waals surface area contributed by atoms with Crippen LogP contribution in [0.4, 0.5) is 32.0 Å². The number of carbonyl (C=O) groups is 1. The summed E-state index contributed by atoms with van der Waals surface area (Å²) in [5.41, 5.74) is 2.07. The van der Waals surface area contributed by atoms with E-state index in [1.165, 1.54) is 0 Å². The summed E-state index contributed by atoms with van der Waals surface area (Å²) in [6.45, 7) is 4.19. The maximum atomic E-state index is 13.1. The predicted molar refractivity (Wildman–Crippen MR) is 109 cm³/mol. The van der Waals surface area contributed by atoms with Crippen molar-refractivity contribution in [3.05, 3.63) is 58.9 Å². The van der Waals surface area contributed by atoms with E-state index < -0.39 is 41.1 Å². The number of aromatic nitrogens is 1. The highest BCUT2D eigenvalue weighted by Crippen LogP contribution is 2.37. The quantitative estimate of drug-likeness (QED) is 0.508. The molecule has 33 heavy (non-hydrogen) atoms. The number of pyridine rings is 1. The lowest BCUT2D eigenvalue weighted by molar-refractivity contribution is -0.143. The predicted octanol–water partition coefficient (Wildman–Crippen LogP) is 3.86. The average molecular weight is 475 g/mol. The number of hydrogen-bond acceptors (Lipinski definition) is 5. The van der Waals surface area contributed by atoms with Gasteiger partial charge in [-0.05, 0) is 44.3 Å². The zero-order chi connectivity index (χ0) is 24.4. The van der Waals surface area contributed by atoms with Gasteiger partial charge in [-0.3, -0.25) is 25.5 Å². The van der Waals surface area contributed by atoms with E-state index in [1.807, 2.05) is 11.9 Å². The number of carbonyl (C=O) groups excluding carboxylic acids is 1. The fourth-order valence-electron chi connectivity index (χ4n) is 3.51. The zero-order valence-corrected chi connectivity index (χ0v) is 17.9. The number of hydrazine groups is 1. The Kier molecular flexibility index (Phi) is 7.17. The van der Waals surface area contributed by atoms with Crippen molar-refractivity contribution in [3.8, 4) is 0 Å². The molecule has 3 rings (SSSR count). The molecular weight excluding hydrogens is 452 g/mol. The van der Waals surface area contributed by atoms with Crippen molar-refractivity contribution in [2.45, 2.75) is 25.3 Å². The minimum Gasteiger partial charge on any atom is -0.304 e. The second-order valence-corrected chi connectivity index (χ2v) is 7.85. The maximum Gasteiger partial charge on any atom is 0.416 e. The van der Waals surface area contributed by atoms with E-state index in [2.05, 4.69) is 20.7 Å². The molecule has 0 aliphatic carbocycles. The van der Waals surface area contributed by atoms with Gasteiger partial charge < -0.3 is 4.90 Å². The van der Waals surface area contributed by atoms with E-state index in [-0.39, 0.29) is 6.07 Å². The Bertz CT molecular complexity index is 954. The Morgan fingerprint density at radius 3 is 2.06 bits per heavy atom. The summed E-state index contributed by atoms with van der Waals surface area (Å²) in [4.78, 5) is 21.4. The van der Waals surface area contributed by atoms with Crippen LogP contribution < -0.4 is 10.9 Å². The normalized spacial score (nSPS) is 17.0. The first kappa shape index (κ1) is 24.8. The number of nitrogens with one attached hydrogen (secondary N) is 2. The molecule has 1 aliphatic rings. The lowest BCUT2D eigenvalue weighted by Gasteiger charge is -2.37. The van der Waals surface area contributed by atoms with E-state index in [0.29, 0.717) is 49.7 Å². The summed E-state index contributed by atoms with van der Waals surface area (Å²) < 4.78 is 78.6. The smallest absolute Gasteiger partial charge is 0.304 e. The van der Waals surface area contributed by atoms with Crippen LogP contribution in [0.25, 0.3) is 0 Å². The number of amides is 1. The van der Waals surface area contributed by atoms with Gasteiger partial charge in [0.25, 0.3) is 5.91 Å². The number of likely N-dealkylation sites (N-methyl/N-ethyl adjacent to an activating group) is 1. The third-order valence-corrected chi connectivity index (χ3v) is 5.26. The van der Waals surface area contributed by atoms with Crippen LogP contribution in [0.2, 0.25) is 0 Å². The third kappa shape index (κ3) is 6.35. The van der Waals surface area contributed by atoms with E-state index in [0.717, 1.165) is 0 Å². The summed E-state index contributed by atoms with van der Waals surface area (Å²) >= 11 is 0. The van der Waals surface area contributed by atoms with E-state index in [1.54, 1.807) is 25.1 Å². The molecule has 1 aliphatic heterocycles. The molecule has 0 spiro atoms. The average Bonchev–Trinajstić information content (AvgIpc) is 2.72. The minimum absolute atomic E-state index is 0.0245. The molecule has 1 amide bonds. The van der Waals surface area contributed by atoms with Crippen LogP contribution in [0.5, 0.6) is 0 Å². The Labute approximate surface area is 186 Å². The molecular formula is C21H23F6N5O. The Morgan fingerprint density at radius 1 is 0.970 bits per heavy atom. The molecule has 1 fully saturated rings. The van der Waals surface area contributed by atoms with Gasteiger partial charge in [0.2, 0.25) is 0 Å². The van der Waals surface area contributed by atoms with Crippen LogP contribution in [0.1, 0.15) is 28.6 Å². The van der Waals surface area contributed by atoms with E-state index in [4.69, 9.17) is 0 Å². The van der Waals surface area contributed by atoms with Gasteiger partial charge in [0.15, 0.2) is 0 Å². The Morgan fingerprint density at radius 2 is 1.55 bits per heavy atom. The van der Waals surface area contributed by atoms with Crippen LogP contribution in [0.3, 0.4) is 0 Å². The molecule has 1 saturated heterocycles. The van der Waals surface area contributed by atoms with Crippen molar-refractivity contribution in [1.82, 2.24) is 20.2 Å². The van der Waals surface area contributed by atoms with Crippen molar-refractivity contribution >= 4 is 11.6 Å². The number of alkyl halides is 6. The number of rotatable bonds is 5. The van der Waals surface area contributed by atoms with Gasteiger partial charge in [-0.1, -0.05) is 6.07 Å². The van der Waals surface area contributed by atoms with Crippen LogP contribution in [0.15, 0.2) is 36.4 Å². The van der Waals surface area contributed by atoms with Crippen molar-refractivity contribution in [2.75, 3.05) is 38.7 Å². The van der Waals surface area contributed by atoms with Gasteiger partial charge in [0.05, 0.1) is 22.5 Å². The van der Waals surface area contributed by atoms with Crippen LogP contribution >= 0.6 is 0 Å². The van der Waals surface area contributed by atoms with Crippen molar-refractivity contribution in [2.24, 2.45) is 0 Å². The molecule has 2 aromatic rings. The Balaban J connectivity index is 1.85. The monoisotopic (exact) mass is 475 g/mol. The lowest BCUT2D eigenvalue weighted by atomic mass is 10.1. The number of halogens is 6. The number of nitrogens with zero attached hydrogens (tertiary/aromatic N) is 3. The van der Waals surface area contributed by atoms with Crippen molar-refractivity contribution in [1.29, 1.82) is 0 Å². The van der Waals surface area contributed by atoms with E-state index in [9.17, 15) is 31.1 Å². The highest BCUT2D eigenvalue weighted by molar-refractivity contribution is 5.84. The molecule has 0 saturated carbocycles. The summed E-state index contributed by atoms with van der Waals surface area (Å²) in [6.07, 6.45) is -9.98. The Hall–Kier alpha value is -2.86. The number of benzene rings is 1. The highest BCUT2D eigenvalue weighted by Gasteiger charge is 2.37. The first-order valence-corrected chi connectivity index (χ1v) is 10.1. The fourth-order valence-corrected chi connectivity index (χ4v) is 3.51. The number of aryl methyl sites for hydroxylation is 1. The molecule has 180 valence electrons. The SMILES string of the molecule is Cc1cccc(C(C(=O)NNc2cc(C(F)(F)F)cc(C(F)(F)F)c2)N2CCN(C)CC2)n1. The summed E-state index contributed by atoms with van der Waals surface area (Å²) in [7, 11) is 1.94. The molecule has 0 radical (unpaired) electrons. The molecule has 2 heterocycles. The van der Waals surface area contributed by atoms with Gasteiger partial charge >= 0.3 is 12.4 Å². The highest BCUT2D eigenvalue weighted by atomic mass is 19.4. The second-order valence-electron chi connectivity index (χ2n) is 7.85. The first-order valence-electron chi connectivity index (χ1n) is 10.1.